The normalized spacial score (nSPS) is 26.2. The fraction of sp³-hybridized carbons (Fsp3) is 0.533. The molecule has 0 aliphatic carbocycles. The Balaban J connectivity index is 1.72. The van der Waals surface area contributed by atoms with Crippen LogP contribution < -0.4 is 4.90 Å². The molecule has 2 aliphatic rings. The first-order valence-electron chi connectivity index (χ1n) is 7.37. The molecule has 2 atom stereocenters. The summed E-state index contributed by atoms with van der Waals surface area (Å²) >= 11 is 0. The van der Waals surface area contributed by atoms with Crippen molar-refractivity contribution in [3.8, 4) is 0 Å². The molecule has 2 aliphatic heterocycles. The monoisotopic (exact) mass is 288 g/mol. The second-order valence-electron chi connectivity index (χ2n) is 5.78. The van der Waals surface area contributed by atoms with Crippen LogP contribution in [-0.2, 0) is 4.79 Å². The first-order valence-corrected chi connectivity index (χ1v) is 7.37. The van der Waals surface area contributed by atoms with E-state index in [1.54, 1.807) is 12.4 Å². The van der Waals surface area contributed by atoms with Crippen molar-refractivity contribution in [3.63, 3.8) is 0 Å². The minimum absolute atomic E-state index is 0.403. The van der Waals surface area contributed by atoms with Crippen molar-refractivity contribution < 1.29 is 9.90 Å². The van der Waals surface area contributed by atoms with Crippen LogP contribution in [0.5, 0.6) is 0 Å². The second-order valence-corrected chi connectivity index (χ2v) is 5.78. The first-order chi connectivity index (χ1) is 10.1. The predicted octanol–water partition coefficient (Wildman–Crippen LogP) is 1.25. The Bertz CT molecular complexity index is 543. The lowest BCUT2D eigenvalue weighted by molar-refractivity contribution is -0.131. The zero-order valence-corrected chi connectivity index (χ0v) is 12.1. The summed E-state index contributed by atoms with van der Waals surface area (Å²) in [4.78, 5) is 24.1. The van der Waals surface area contributed by atoms with Crippen LogP contribution >= 0.6 is 0 Å². The molecule has 0 amide bonds. The molecule has 0 bridgehead atoms. The van der Waals surface area contributed by atoms with Crippen molar-refractivity contribution in [1.29, 1.82) is 0 Å². The molecule has 1 aromatic rings. The van der Waals surface area contributed by atoms with E-state index >= 15 is 0 Å². The lowest BCUT2D eigenvalue weighted by Crippen LogP contribution is -2.55. The summed E-state index contributed by atoms with van der Waals surface area (Å²) in [5, 5.41) is 8.61. The summed E-state index contributed by atoms with van der Waals surface area (Å²) < 4.78 is 0. The number of carboxylic acid groups (broad SMARTS) is 1. The number of aromatic nitrogens is 2. The van der Waals surface area contributed by atoms with Gasteiger partial charge < -0.3 is 10.0 Å². The summed E-state index contributed by atoms with van der Waals surface area (Å²) in [6, 6.07) is 1.02. The topological polar surface area (TPSA) is 69.6 Å². The Morgan fingerprint density at radius 1 is 1.38 bits per heavy atom. The molecule has 2 fully saturated rings. The van der Waals surface area contributed by atoms with E-state index in [2.05, 4.69) is 26.7 Å². The van der Waals surface area contributed by atoms with E-state index in [0.29, 0.717) is 17.6 Å². The molecule has 1 N–H and O–H groups in total. The molecular weight excluding hydrogens is 268 g/mol. The highest BCUT2D eigenvalue weighted by atomic mass is 16.4. The van der Waals surface area contributed by atoms with Gasteiger partial charge in [-0.25, -0.2) is 14.8 Å². The van der Waals surface area contributed by atoms with Crippen LogP contribution in [0.25, 0.3) is 6.08 Å². The summed E-state index contributed by atoms with van der Waals surface area (Å²) in [5.41, 5.74) is 0.702. The number of nitrogens with zero attached hydrogens (tertiary/aromatic N) is 4. The highest BCUT2D eigenvalue weighted by molar-refractivity contribution is 5.85. The maximum absolute atomic E-state index is 10.5. The summed E-state index contributed by atoms with van der Waals surface area (Å²) in [7, 11) is 0. The molecule has 0 saturated carbocycles. The quantitative estimate of drug-likeness (QED) is 0.844. The number of piperazine rings is 1. The van der Waals surface area contributed by atoms with Gasteiger partial charge in [-0.2, -0.15) is 0 Å². The number of rotatable bonds is 3. The minimum Gasteiger partial charge on any atom is -0.478 e. The first kappa shape index (κ1) is 14.0. The van der Waals surface area contributed by atoms with Gasteiger partial charge >= 0.3 is 5.97 Å². The molecule has 2 unspecified atom stereocenters. The minimum atomic E-state index is -0.968. The number of aliphatic carboxylic acids is 1. The fourth-order valence-electron chi connectivity index (χ4n) is 3.20. The van der Waals surface area contributed by atoms with Gasteiger partial charge in [0.2, 0.25) is 5.95 Å². The molecular formula is C15H20N4O2. The molecule has 0 aromatic carbocycles. The van der Waals surface area contributed by atoms with Crippen LogP contribution in [0.4, 0.5) is 5.95 Å². The van der Waals surface area contributed by atoms with Crippen LogP contribution in [0, 0.1) is 0 Å². The third-order valence-corrected chi connectivity index (χ3v) is 4.27. The van der Waals surface area contributed by atoms with Gasteiger partial charge in [0, 0.05) is 49.2 Å². The van der Waals surface area contributed by atoms with Gasteiger partial charge in [-0.3, -0.25) is 4.90 Å². The Morgan fingerprint density at radius 3 is 2.86 bits per heavy atom. The van der Waals surface area contributed by atoms with Crippen molar-refractivity contribution >= 4 is 18.0 Å². The highest BCUT2D eigenvalue weighted by Gasteiger charge is 2.35. The summed E-state index contributed by atoms with van der Waals surface area (Å²) in [6.45, 7) is 5.46. The van der Waals surface area contributed by atoms with E-state index in [1.165, 1.54) is 25.5 Å². The Kier molecular flexibility index (Phi) is 3.88. The molecule has 3 heterocycles. The average Bonchev–Trinajstić information content (AvgIpc) is 2.92. The smallest absolute Gasteiger partial charge is 0.328 e. The van der Waals surface area contributed by atoms with Gasteiger partial charge in [0.1, 0.15) is 0 Å². The van der Waals surface area contributed by atoms with Gasteiger partial charge in [-0.05, 0) is 32.4 Å². The van der Waals surface area contributed by atoms with Crippen molar-refractivity contribution in [2.24, 2.45) is 0 Å². The van der Waals surface area contributed by atoms with Crippen LogP contribution in [0.15, 0.2) is 18.5 Å². The molecule has 112 valence electrons. The Labute approximate surface area is 124 Å². The van der Waals surface area contributed by atoms with Gasteiger partial charge in [0.05, 0.1) is 0 Å². The number of carbonyl (C=O) groups is 1. The van der Waals surface area contributed by atoms with E-state index in [1.807, 2.05) is 0 Å². The van der Waals surface area contributed by atoms with E-state index in [9.17, 15) is 4.79 Å². The molecule has 0 spiro atoms. The third-order valence-electron chi connectivity index (χ3n) is 4.27. The van der Waals surface area contributed by atoms with Crippen LogP contribution in [0.3, 0.4) is 0 Å². The maximum Gasteiger partial charge on any atom is 0.328 e. The highest BCUT2D eigenvalue weighted by Crippen LogP contribution is 2.26. The zero-order valence-electron chi connectivity index (χ0n) is 12.1. The van der Waals surface area contributed by atoms with E-state index in [0.717, 1.165) is 25.1 Å². The Morgan fingerprint density at radius 2 is 2.14 bits per heavy atom. The fourth-order valence-corrected chi connectivity index (χ4v) is 3.20. The van der Waals surface area contributed by atoms with E-state index < -0.39 is 5.97 Å². The SMILES string of the molecule is CC1CN2CCCC2CN1c1ncc(/C=C/C(=O)O)cn1. The van der Waals surface area contributed by atoms with Crippen molar-refractivity contribution in [2.45, 2.75) is 31.8 Å². The summed E-state index contributed by atoms with van der Waals surface area (Å²) in [5.74, 6) is -0.230. The molecule has 1 aromatic heterocycles. The molecule has 6 heteroatoms. The van der Waals surface area contributed by atoms with Gasteiger partial charge in [-0.1, -0.05) is 0 Å². The van der Waals surface area contributed by atoms with E-state index in [4.69, 9.17) is 5.11 Å². The van der Waals surface area contributed by atoms with Crippen LogP contribution in [0.1, 0.15) is 25.3 Å². The van der Waals surface area contributed by atoms with Crippen molar-refractivity contribution in [2.75, 3.05) is 24.5 Å². The van der Waals surface area contributed by atoms with E-state index in [-0.39, 0.29) is 0 Å². The standard InChI is InChI=1S/C15H20N4O2/c1-11-9-18-6-2-3-13(18)10-19(11)15-16-7-12(8-17-15)4-5-14(20)21/h4-5,7-8,11,13H,2-3,6,9-10H2,1H3,(H,20,21)/b5-4+. The predicted molar refractivity (Wildman–Crippen MR) is 80.1 cm³/mol. The average molecular weight is 288 g/mol. The second kappa shape index (κ2) is 5.81. The van der Waals surface area contributed by atoms with Crippen molar-refractivity contribution in [3.05, 3.63) is 24.0 Å². The number of fused-ring (bicyclic) bond motifs is 1. The lowest BCUT2D eigenvalue weighted by Gasteiger charge is -2.42. The van der Waals surface area contributed by atoms with Gasteiger partial charge in [0.15, 0.2) is 0 Å². The van der Waals surface area contributed by atoms with Crippen LogP contribution in [-0.4, -0.2) is 57.7 Å². The lowest BCUT2D eigenvalue weighted by atomic mass is 10.1. The molecule has 21 heavy (non-hydrogen) atoms. The molecule has 2 saturated heterocycles. The van der Waals surface area contributed by atoms with Gasteiger partial charge in [-0.15, -0.1) is 0 Å². The van der Waals surface area contributed by atoms with Crippen molar-refractivity contribution in [1.82, 2.24) is 14.9 Å². The zero-order chi connectivity index (χ0) is 14.8. The largest absolute Gasteiger partial charge is 0.478 e. The molecule has 3 rings (SSSR count). The number of anilines is 1. The summed E-state index contributed by atoms with van der Waals surface area (Å²) in [6.07, 6.45) is 8.49. The maximum atomic E-state index is 10.5. The number of carboxylic acids is 1. The Hall–Kier alpha value is -1.95. The van der Waals surface area contributed by atoms with Crippen LogP contribution in [0.2, 0.25) is 0 Å². The number of hydrogen-bond acceptors (Lipinski definition) is 5. The molecule has 6 nitrogen and oxygen atoms in total. The third kappa shape index (κ3) is 3.05. The van der Waals surface area contributed by atoms with Gasteiger partial charge in [0.25, 0.3) is 0 Å². The molecule has 0 radical (unpaired) electrons. The number of hydrogen-bond donors (Lipinski definition) is 1.